The molecule has 0 atom stereocenters. The Morgan fingerprint density at radius 2 is 1.63 bits per heavy atom. The van der Waals surface area contributed by atoms with Crippen molar-refractivity contribution in [3.8, 4) is 11.3 Å². The number of hydrogen-bond acceptors (Lipinski definition) is 4. The van der Waals surface area contributed by atoms with Crippen LogP contribution in [0.15, 0.2) is 70.8 Å². The van der Waals surface area contributed by atoms with Gasteiger partial charge < -0.3 is 14.8 Å². The molecule has 8 heteroatoms. The van der Waals surface area contributed by atoms with Crippen molar-refractivity contribution in [1.29, 1.82) is 0 Å². The fourth-order valence-electron chi connectivity index (χ4n) is 3.12. The molecule has 0 aliphatic carbocycles. The van der Waals surface area contributed by atoms with E-state index in [-0.39, 0.29) is 23.5 Å². The van der Waals surface area contributed by atoms with Crippen molar-refractivity contribution in [3.63, 3.8) is 0 Å². The van der Waals surface area contributed by atoms with Crippen molar-refractivity contribution < 1.29 is 28.3 Å². The van der Waals surface area contributed by atoms with Gasteiger partial charge in [0.2, 0.25) is 0 Å². The number of imide groups is 1. The number of carbonyl (C=O) groups excluding carboxylic acids is 2. The van der Waals surface area contributed by atoms with E-state index in [4.69, 9.17) is 9.52 Å². The number of carboxylic acids is 1. The molecular weight excluding hydrogens is 391 g/mol. The number of halogens is 1. The number of urea groups is 1. The number of rotatable bonds is 5. The predicted octanol–water partition coefficient (Wildman–Crippen LogP) is 3.58. The van der Waals surface area contributed by atoms with Crippen LogP contribution in [0.2, 0.25) is 0 Å². The molecule has 0 spiro atoms. The first-order chi connectivity index (χ1) is 14.4. The second-order valence-corrected chi connectivity index (χ2v) is 6.61. The number of amides is 3. The Kier molecular flexibility index (Phi) is 4.89. The van der Waals surface area contributed by atoms with Gasteiger partial charge in [0.25, 0.3) is 5.91 Å². The van der Waals surface area contributed by atoms with Crippen LogP contribution in [0.5, 0.6) is 0 Å². The summed E-state index contributed by atoms with van der Waals surface area (Å²) in [6.45, 7) is 0. The average molecular weight is 406 g/mol. The third-order valence-electron chi connectivity index (χ3n) is 4.61. The molecule has 1 aromatic heterocycles. The van der Waals surface area contributed by atoms with E-state index in [0.29, 0.717) is 22.7 Å². The number of aromatic carboxylic acids is 1. The van der Waals surface area contributed by atoms with Crippen molar-refractivity contribution in [2.45, 2.75) is 6.42 Å². The molecule has 3 aromatic rings. The lowest BCUT2D eigenvalue weighted by Crippen LogP contribution is -2.22. The van der Waals surface area contributed by atoms with Crippen molar-refractivity contribution >= 4 is 23.5 Å². The summed E-state index contributed by atoms with van der Waals surface area (Å²) in [5.41, 5.74) is 2.01. The van der Waals surface area contributed by atoms with Crippen LogP contribution in [0.3, 0.4) is 0 Å². The summed E-state index contributed by atoms with van der Waals surface area (Å²) in [5.74, 6) is -1.19. The van der Waals surface area contributed by atoms with Crippen LogP contribution in [-0.4, -0.2) is 23.0 Å². The molecule has 1 aliphatic rings. The van der Waals surface area contributed by atoms with Gasteiger partial charge in [-0.25, -0.2) is 14.0 Å². The van der Waals surface area contributed by atoms with Crippen molar-refractivity contribution in [1.82, 2.24) is 10.6 Å². The van der Waals surface area contributed by atoms with E-state index < -0.39 is 17.9 Å². The van der Waals surface area contributed by atoms with Gasteiger partial charge in [0.05, 0.1) is 5.56 Å². The van der Waals surface area contributed by atoms with Gasteiger partial charge in [-0.2, -0.15) is 0 Å². The van der Waals surface area contributed by atoms with E-state index >= 15 is 0 Å². The quantitative estimate of drug-likeness (QED) is 0.443. The summed E-state index contributed by atoms with van der Waals surface area (Å²) in [4.78, 5) is 34.8. The molecule has 3 N–H and O–H groups in total. The summed E-state index contributed by atoms with van der Waals surface area (Å²) >= 11 is 0. The Balaban J connectivity index is 1.72. The van der Waals surface area contributed by atoms with Gasteiger partial charge >= 0.3 is 12.0 Å². The van der Waals surface area contributed by atoms with Gasteiger partial charge in [-0.05, 0) is 42.0 Å². The monoisotopic (exact) mass is 406 g/mol. The minimum absolute atomic E-state index is 0.0615. The van der Waals surface area contributed by atoms with Gasteiger partial charge in [0, 0.05) is 17.6 Å². The molecule has 30 heavy (non-hydrogen) atoms. The Bertz CT molecular complexity index is 1180. The molecule has 2 aromatic carbocycles. The molecule has 2 heterocycles. The smallest absolute Gasteiger partial charge is 0.335 e. The highest BCUT2D eigenvalue weighted by Crippen LogP contribution is 2.30. The highest BCUT2D eigenvalue weighted by molar-refractivity contribution is 6.15. The van der Waals surface area contributed by atoms with Gasteiger partial charge in [0.15, 0.2) is 0 Å². The SMILES string of the molecule is O=C1NC(=O)/C(=C(\Cc2ccc(F)cc2)c2ccc(-c3ccc(C(=O)O)cc3)o2)N1. The third kappa shape index (κ3) is 3.83. The van der Waals surface area contributed by atoms with E-state index in [1.165, 1.54) is 24.3 Å². The molecule has 7 nitrogen and oxygen atoms in total. The molecule has 0 bridgehead atoms. The number of nitrogens with one attached hydrogen (secondary N) is 2. The highest BCUT2D eigenvalue weighted by atomic mass is 19.1. The lowest BCUT2D eigenvalue weighted by molar-refractivity contribution is -0.115. The Morgan fingerprint density at radius 1 is 0.933 bits per heavy atom. The van der Waals surface area contributed by atoms with E-state index in [2.05, 4.69) is 10.6 Å². The molecule has 0 saturated carbocycles. The zero-order valence-corrected chi connectivity index (χ0v) is 15.4. The molecule has 1 aliphatic heterocycles. The van der Waals surface area contributed by atoms with Gasteiger partial charge in [-0.15, -0.1) is 0 Å². The maximum absolute atomic E-state index is 13.2. The van der Waals surface area contributed by atoms with Crippen LogP contribution in [0.4, 0.5) is 9.18 Å². The lowest BCUT2D eigenvalue weighted by atomic mass is 10.0. The highest BCUT2D eigenvalue weighted by Gasteiger charge is 2.28. The minimum Gasteiger partial charge on any atom is -0.478 e. The van der Waals surface area contributed by atoms with Gasteiger partial charge in [-0.3, -0.25) is 10.1 Å². The zero-order chi connectivity index (χ0) is 21.3. The van der Waals surface area contributed by atoms with Crippen LogP contribution in [0.25, 0.3) is 16.9 Å². The molecule has 0 unspecified atom stereocenters. The fourth-order valence-corrected chi connectivity index (χ4v) is 3.12. The first kappa shape index (κ1) is 19.1. The largest absolute Gasteiger partial charge is 0.478 e. The van der Waals surface area contributed by atoms with Gasteiger partial charge in [-0.1, -0.05) is 24.3 Å². The number of furan rings is 1. The first-order valence-corrected chi connectivity index (χ1v) is 8.94. The topological polar surface area (TPSA) is 109 Å². The van der Waals surface area contributed by atoms with E-state index in [1.54, 1.807) is 36.4 Å². The van der Waals surface area contributed by atoms with Crippen LogP contribution >= 0.6 is 0 Å². The first-order valence-electron chi connectivity index (χ1n) is 8.94. The van der Waals surface area contributed by atoms with Crippen LogP contribution < -0.4 is 10.6 Å². The molecule has 1 fully saturated rings. The molecule has 4 rings (SSSR count). The van der Waals surface area contributed by atoms with Crippen LogP contribution in [0, 0.1) is 5.82 Å². The zero-order valence-electron chi connectivity index (χ0n) is 15.4. The van der Waals surface area contributed by atoms with Crippen LogP contribution in [0.1, 0.15) is 21.7 Å². The third-order valence-corrected chi connectivity index (χ3v) is 4.61. The maximum Gasteiger partial charge on any atom is 0.335 e. The summed E-state index contributed by atoms with van der Waals surface area (Å²) in [6.07, 6.45) is 0.216. The number of carbonyl (C=O) groups is 3. The van der Waals surface area contributed by atoms with E-state index in [0.717, 1.165) is 5.56 Å². The van der Waals surface area contributed by atoms with Crippen molar-refractivity contribution in [2.24, 2.45) is 0 Å². The molecular formula is C22H15FN2O5. The average Bonchev–Trinajstić information content (AvgIpc) is 3.34. The Hall–Kier alpha value is -4.20. The molecule has 3 amide bonds. The normalized spacial score (nSPS) is 15.0. The standard InChI is InChI=1S/C22H15FN2O5/c23-15-7-1-12(2-8-15)11-16(19-20(26)25-22(29)24-19)18-10-9-17(30-18)13-3-5-14(6-4-13)21(27)28/h1-10H,11H2,(H,27,28)(H2,24,25,26,29)/b19-16-. The lowest BCUT2D eigenvalue weighted by Gasteiger charge is -2.08. The number of carboxylic acid groups (broad SMARTS) is 1. The summed E-state index contributed by atoms with van der Waals surface area (Å²) in [5, 5.41) is 13.7. The summed E-state index contributed by atoms with van der Waals surface area (Å²) < 4.78 is 19.2. The maximum atomic E-state index is 13.2. The van der Waals surface area contributed by atoms with E-state index in [1.807, 2.05) is 0 Å². The second kappa shape index (κ2) is 7.67. The van der Waals surface area contributed by atoms with Gasteiger partial charge in [0.1, 0.15) is 23.0 Å². The molecule has 1 saturated heterocycles. The van der Waals surface area contributed by atoms with Crippen molar-refractivity contribution in [3.05, 3.63) is 89.1 Å². The van der Waals surface area contributed by atoms with Crippen molar-refractivity contribution in [2.75, 3.05) is 0 Å². The fraction of sp³-hybridized carbons (Fsp3) is 0.0455. The Labute approximate surface area is 169 Å². The molecule has 150 valence electrons. The second-order valence-electron chi connectivity index (χ2n) is 6.61. The molecule has 0 radical (unpaired) electrons. The summed E-state index contributed by atoms with van der Waals surface area (Å²) in [7, 11) is 0. The number of benzene rings is 2. The number of hydrogen-bond donors (Lipinski definition) is 3. The predicted molar refractivity (Wildman–Crippen MR) is 105 cm³/mol. The summed E-state index contributed by atoms with van der Waals surface area (Å²) in [6, 6.07) is 14.6. The number of allylic oxidation sites excluding steroid dienone is 1. The Morgan fingerprint density at radius 3 is 2.23 bits per heavy atom. The minimum atomic E-state index is -1.03. The van der Waals surface area contributed by atoms with Crippen LogP contribution in [-0.2, 0) is 11.2 Å². The van der Waals surface area contributed by atoms with E-state index in [9.17, 15) is 18.8 Å².